The minimum Gasteiger partial charge on any atom is -0.494 e. The number of carbonyl (C=O) groups is 1. The zero-order chi connectivity index (χ0) is 23.7. The molecule has 11 heteroatoms. The van der Waals surface area contributed by atoms with Gasteiger partial charge in [-0.2, -0.15) is 5.10 Å². The van der Waals surface area contributed by atoms with Gasteiger partial charge in [0.05, 0.1) is 33.1 Å². The Balaban J connectivity index is 2.21. The maximum atomic E-state index is 12.9. The molecule has 1 aliphatic rings. The highest BCUT2D eigenvalue weighted by molar-refractivity contribution is 7.71. The number of aromatic hydroxyl groups is 1. The first-order valence-corrected chi connectivity index (χ1v) is 10.3. The number of amides is 1. The number of rotatable bonds is 6. The van der Waals surface area contributed by atoms with Crippen LogP contribution in [0.2, 0.25) is 0 Å². The van der Waals surface area contributed by atoms with Crippen LogP contribution in [0.4, 0.5) is 0 Å². The van der Waals surface area contributed by atoms with Crippen molar-refractivity contribution >= 4 is 23.8 Å². The van der Waals surface area contributed by atoms with E-state index < -0.39 is 11.6 Å². The van der Waals surface area contributed by atoms with Crippen molar-refractivity contribution in [3.05, 3.63) is 38.4 Å². The van der Waals surface area contributed by atoms with Crippen LogP contribution in [-0.4, -0.2) is 52.2 Å². The average Bonchev–Trinajstić information content (AvgIpc) is 3.24. The second-order valence-electron chi connectivity index (χ2n) is 7.19. The normalized spacial score (nSPS) is 15.5. The Morgan fingerprint density at radius 1 is 1.16 bits per heavy atom. The molecule has 1 amide bonds. The maximum Gasteiger partial charge on any atom is 0.267 e. The van der Waals surface area contributed by atoms with Crippen molar-refractivity contribution < 1.29 is 24.1 Å². The molecule has 2 heterocycles. The van der Waals surface area contributed by atoms with E-state index >= 15 is 0 Å². The van der Waals surface area contributed by atoms with E-state index in [1.54, 1.807) is 26.1 Å². The Hall–Kier alpha value is -3.34. The van der Waals surface area contributed by atoms with Gasteiger partial charge in [0.25, 0.3) is 5.56 Å². The standard InChI is InChI=1S/C21H26N4O6S/c1-7-15(26)25-13(11-8-9-14(29-4)18(31-6)17(11)30-5)10-12(22-25)16-19(27)23(2)21(32)24(3)20(16)28/h8-9,13,27H,7,10H2,1-6H3/t13-/m1/s1. The third kappa shape index (κ3) is 3.62. The molecule has 1 atom stereocenters. The van der Waals surface area contributed by atoms with Crippen molar-refractivity contribution in [3.63, 3.8) is 0 Å². The fraction of sp³-hybridized carbons (Fsp3) is 0.429. The topological polar surface area (TPSA) is 108 Å². The molecule has 1 aromatic heterocycles. The molecule has 1 aromatic carbocycles. The fourth-order valence-electron chi connectivity index (χ4n) is 3.77. The third-order valence-corrected chi connectivity index (χ3v) is 6.03. The maximum absolute atomic E-state index is 12.9. The van der Waals surface area contributed by atoms with Gasteiger partial charge in [-0.25, -0.2) is 5.01 Å². The minimum atomic E-state index is -0.579. The van der Waals surface area contributed by atoms with Crippen LogP contribution in [0.5, 0.6) is 23.1 Å². The zero-order valence-electron chi connectivity index (χ0n) is 18.8. The van der Waals surface area contributed by atoms with Crippen LogP contribution < -0.4 is 19.8 Å². The number of carbonyl (C=O) groups excluding carboxylic acids is 1. The van der Waals surface area contributed by atoms with Crippen molar-refractivity contribution in [2.24, 2.45) is 19.2 Å². The van der Waals surface area contributed by atoms with E-state index in [1.807, 2.05) is 0 Å². The van der Waals surface area contributed by atoms with Crippen molar-refractivity contribution in [1.29, 1.82) is 0 Å². The molecule has 1 aliphatic heterocycles. The lowest BCUT2D eigenvalue weighted by atomic mass is 9.97. The molecule has 3 rings (SSSR count). The molecule has 0 radical (unpaired) electrons. The highest BCUT2D eigenvalue weighted by atomic mass is 32.1. The summed E-state index contributed by atoms with van der Waals surface area (Å²) in [6.45, 7) is 1.72. The van der Waals surface area contributed by atoms with E-state index in [-0.39, 0.29) is 40.7 Å². The summed E-state index contributed by atoms with van der Waals surface area (Å²) in [7, 11) is 7.58. The molecular weight excluding hydrogens is 436 g/mol. The van der Waals surface area contributed by atoms with Crippen LogP contribution in [0.25, 0.3) is 0 Å². The summed E-state index contributed by atoms with van der Waals surface area (Å²) in [5.74, 6) is 0.694. The predicted molar refractivity (Wildman–Crippen MR) is 120 cm³/mol. The molecule has 0 fully saturated rings. The van der Waals surface area contributed by atoms with Gasteiger partial charge in [-0.05, 0) is 24.4 Å². The molecule has 0 bridgehead atoms. The Morgan fingerprint density at radius 3 is 2.38 bits per heavy atom. The molecule has 32 heavy (non-hydrogen) atoms. The number of ether oxygens (including phenoxy) is 3. The first-order valence-electron chi connectivity index (χ1n) is 9.89. The summed E-state index contributed by atoms with van der Waals surface area (Å²) in [5, 5.41) is 16.4. The predicted octanol–water partition coefficient (Wildman–Crippen LogP) is 2.27. The first kappa shape index (κ1) is 23.3. The van der Waals surface area contributed by atoms with E-state index in [0.717, 1.165) is 0 Å². The van der Waals surface area contributed by atoms with Crippen molar-refractivity contribution in [2.45, 2.75) is 25.8 Å². The molecule has 0 spiro atoms. The summed E-state index contributed by atoms with van der Waals surface area (Å²) >= 11 is 5.19. The van der Waals surface area contributed by atoms with E-state index in [4.69, 9.17) is 26.4 Å². The van der Waals surface area contributed by atoms with E-state index in [0.29, 0.717) is 22.8 Å². The summed E-state index contributed by atoms with van der Waals surface area (Å²) < 4.78 is 19.2. The molecule has 0 unspecified atom stereocenters. The molecule has 0 saturated heterocycles. The number of methoxy groups -OCH3 is 3. The van der Waals surface area contributed by atoms with Crippen LogP contribution in [0.1, 0.15) is 36.9 Å². The van der Waals surface area contributed by atoms with Crippen LogP contribution in [0.15, 0.2) is 22.0 Å². The molecule has 2 aromatic rings. The second kappa shape index (κ2) is 9.03. The summed E-state index contributed by atoms with van der Waals surface area (Å²) in [4.78, 5) is 25.7. The quantitative estimate of drug-likeness (QED) is 0.656. The number of hydrazone groups is 1. The van der Waals surface area contributed by atoms with E-state index in [9.17, 15) is 14.7 Å². The van der Waals surface area contributed by atoms with Crippen LogP contribution in [-0.2, 0) is 18.9 Å². The monoisotopic (exact) mass is 462 g/mol. The van der Waals surface area contributed by atoms with E-state index in [2.05, 4.69) is 5.10 Å². The van der Waals surface area contributed by atoms with Crippen molar-refractivity contribution in [2.75, 3.05) is 21.3 Å². The van der Waals surface area contributed by atoms with Gasteiger partial charge in [0.15, 0.2) is 16.3 Å². The lowest BCUT2D eigenvalue weighted by Crippen LogP contribution is -2.28. The molecule has 10 nitrogen and oxygen atoms in total. The first-order chi connectivity index (χ1) is 15.2. The van der Waals surface area contributed by atoms with Gasteiger partial charge >= 0.3 is 0 Å². The third-order valence-electron chi connectivity index (χ3n) is 5.48. The number of nitrogens with zero attached hydrogens (tertiary/aromatic N) is 4. The van der Waals surface area contributed by atoms with Crippen molar-refractivity contribution in [3.8, 4) is 23.1 Å². The highest BCUT2D eigenvalue weighted by Crippen LogP contribution is 2.46. The number of benzene rings is 1. The molecular formula is C21H26N4O6S. The zero-order valence-corrected chi connectivity index (χ0v) is 19.6. The molecule has 0 aliphatic carbocycles. The SMILES string of the molecule is CCC(=O)N1N=C(c2c(O)n(C)c(=S)n(C)c2=O)C[C@@H]1c1ccc(OC)c(OC)c1OC. The molecule has 1 N–H and O–H groups in total. The summed E-state index contributed by atoms with van der Waals surface area (Å²) in [5.41, 5.74) is 0.413. The lowest BCUT2D eigenvalue weighted by molar-refractivity contribution is -0.132. The smallest absolute Gasteiger partial charge is 0.267 e. The van der Waals surface area contributed by atoms with Crippen LogP contribution in [0.3, 0.4) is 0 Å². The summed E-state index contributed by atoms with van der Waals surface area (Å²) in [6.07, 6.45) is 0.378. The molecule has 172 valence electrons. The summed E-state index contributed by atoms with van der Waals surface area (Å²) in [6, 6.07) is 2.90. The Labute approximate surface area is 190 Å². The average molecular weight is 463 g/mol. The fourth-order valence-corrected chi connectivity index (χ4v) is 3.94. The second-order valence-corrected chi connectivity index (χ2v) is 7.55. The van der Waals surface area contributed by atoms with Gasteiger partial charge in [-0.1, -0.05) is 6.92 Å². The van der Waals surface area contributed by atoms with Crippen LogP contribution >= 0.6 is 12.2 Å². The highest BCUT2D eigenvalue weighted by Gasteiger charge is 2.37. The minimum absolute atomic E-state index is 0.000512. The van der Waals surface area contributed by atoms with Gasteiger partial charge < -0.3 is 19.3 Å². The van der Waals surface area contributed by atoms with Gasteiger partial charge in [-0.15, -0.1) is 0 Å². The number of hydrogen-bond acceptors (Lipinski definition) is 8. The van der Waals surface area contributed by atoms with E-state index in [1.165, 1.54) is 42.5 Å². The van der Waals surface area contributed by atoms with Gasteiger partial charge in [0.2, 0.25) is 17.5 Å². The van der Waals surface area contributed by atoms with Gasteiger partial charge in [0.1, 0.15) is 5.56 Å². The van der Waals surface area contributed by atoms with Gasteiger partial charge in [0, 0.05) is 32.5 Å². The van der Waals surface area contributed by atoms with Crippen LogP contribution in [0, 0.1) is 4.77 Å². The number of aromatic nitrogens is 2. The largest absolute Gasteiger partial charge is 0.494 e. The Kier molecular flexibility index (Phi) is 6.58. The lowest BCUT2D eigenvalue weighted by Gasteiger charge is -2.24. The van der Waals surface area contributed by atoms with Gasteiger partial charge in [-0.3, -0.25) is 18.7 Å². The number of hydrogen-bond donors (Lipinski definition) is 1. The molecule has 0 saturated carbocycles. The Bertz CT molecular complexity index is 1220. The van der Waals surface area contributed by atoms with Crippen molar-refractivity contribution in [1.82, 2.24) is 14.1 Å². The Morgan fingerprint density at radius 2 is 1.81 bits per heavy atom.